The fraction of sp³-hybridized carbons (Fsp3) is 0.583. The number of furan rings is 1. The van der Waals surface area contributed by atoms with Gasteiger partial charge in [0.25, 0.3) is 0 Å². The first kappa shape index (κ1) is 12.0. The van der Waals surface area contributed by atoms with Gasteiger partial charge in [0.1, 0.15) is 11.5 Å². The minimum Gasteiger partial charge on any atom is -0.469 e. The fourth-order valence-electron chi connectivity index (χ4n) is 1.54. The van der Waals surface area contributed by atoms with E-state index in [-0.39, 0.29) is 5.78 Å². The van der Waals surface area contributed by atoms with Crippen molar-refractivity contribution < 1.29 is 9.21 Å². The summed E-state index contributed by atoms with van der Waals surface area (Å²) in [5.41, 5.74) is 1.22. The molecule has 0 N–H and O–H groups in total. The van der Waals surface area contributed by atoms with Crippen molar-refractivity contribution in [2.45, 2.75) is 33.2 Å². The first-order valence-corrected chi connectivity index (χ1v) is 5.30. The van der Waals surface area contributed by atoms with E-state index in [1.807, 2.05) is 13.0 Å². The minimum atomic E-state index is 0.267. The van der Waals surface area contributed by atoms with Crippen molar-refractivity contribution in [3.8, 4) is 0 Å². The summed E-state index contributed by atoms with van der Waals surface area (Å²) in [5.74, 6) is 1.25. The molecule has 0 bridgehead atoms. The van der Waals surface area contributed by atoms with Crippen LogP contribution in [0.5, 0.6) is 0 Å². The number of carbonyl (C=O) groups is 1. The van der Waals surface area contributed by atoms with Crippen LogP contribution < -0.4 is 0 Å². The molecule has 15 heavy (non-hydrogen) atoms. The minimum absolute atomic E-state index is 0.267. The van der Waals surface area contributed by atoms with Crippen molar-refractivity contribution in [1.82, 2.24) is 4.90 Å². The Balaban J connectivity index is 2.27. The summed E-state index contributed by atoms with van der Waals surface area (Å²) in [7, 11) is 2.06. The first-order valence-electron chi connectivity index (χ1n) is 5.30. The number of Topliss-reactive ketones (excluding diaryl/α,β-unsaturated/α-hetero) is 1. The Hall–Kier alpha value is -1.09. The Bertz CT molecular complexity index is 317. The molecule has 0 aliphatic carbocycles. The van der Waals surface area contributed by atoms with Gasteiger partial charge in [0.15, 0.2) is 0 Å². The monoisotopic (exact) mass is 209 g/mol. The molecule has 3 nitrogen and oxygen atoms in total. The number of rotatable bonds is 6. The lowest BCUT2D eigenvalue weighted by Crippen LogP contribution is -2.19. The third-order valence-electron chi connectivity index (χ3n) is 2.48. The quantitative estimate of drug-likeness (QED) is 0.721. The summed E-state index contributed by atoms with van der Waals surface area (Å²) >= 11 is 0. The first-order chi connectivity index (χ1) is 7.09. The highest BCUT2D eigenvalue weighted by molar-refractivity contribution is 5.75. The Morgan fingerprint density at radius 2 is 2.27 bits per heavy atom. The average molecular weight is 209 g/mol. The summed E-state index contributed by atoms with van der Waals surface area (Å²) in [4.78, 5) is 13.0. The van der Waals surface area contributed by atoms with Gasteiger partial charge in [-0.25, -0.2) is 0 Å². The van der Waals surface area contributed by atoms with Gasteiger partial charge in [-0.05, 0) is 39.9 Å². The summed E-state index contributed by atoms with van der Waals surface area (Å²) in [5, 5.41) is 0. The molecule has 3 heteroatoms. The predicted octanol–water partition coefficient (Wildman–Crippen LogP) is 2.39. The molecular weight excluding hydrogens is 190 g/mol. The van der Waals surface area contributed by atoms with E-state index < -0.39 is 0 Å². The maximum absolute atomic E-state index is 10.8. The highest BCUT2D eigenvalue weighted by atomic mass is 16.3. The largest absolute Gasteiger partial charge is 0.469 e. The highest BCUT2D eigenvalue weighted by Crippen LogP contribution is 2.11. The van der Waals surface area contributed by atoms with Gasteiger partial charge in [0.2, 0.25) is 0 Å². The summed E-state index contributed by atoms with van der Waals surface area (Å²) in [6.07, 6.45) is 3.32. The normalized spacial score (nSPS) is 10.9. The van der Waals surface area contributed by atoms with Crippen LogP contribution in [0.25, 0.3) is 0 Å². The van der Waals surface area contributed by atoms with E-state index in [2.05, 4.69) is 11.9 Å². The molecule has 0 unspecified atom stereocenters. The van der Waals surface area contributed by atoms with E-state index >= 15 is 0 Å². The van der Waals surface area contributed by atoms with Gasteiger partial charge in [-0.1, -0.05) is 0 Å². The van der Waals surface area contributed by atoms with Crippen molar-refractivity contribution in [2.75, 3.05) is 13.6 Å². The van der Waals surface area contributed by atoms with Crippen LogP contribution in [0.1, 0.15) is 31.1 Å². The highest BCUT2D eigenvalue weighted by Gasteiger charge is 2.05. The molecular formula is C12H19NO2. The molecule has 0 amide bonds. The molecule has 1 heterocycles. The van der Waals surface area contributed by atoms with Crippen LogP contribution >= 0.6 is 0 Å². The summed E-state index contributed by atoms with van der Waals surface area (Å²) in [6.45, 7) is 5.45. The number of hydrogen-bond acceptors (Lipinski definition) is 3. The van der Waals surface area contributed by atoms with Gasteiger partial charge < -0.3 is 14.1 Å². The van der Waals surface area contributed by atoms with Gasteiger partial charge in [-0.3, -0.25) is 0 Å². The van der Waals surface area contributed by atoms with E-state index in [1.165, 1.54) is 5.56 Å². The molecule has 84 valence electrons. The van der Waals surface area contributed by atoms with Gasteiger partial charge >= 0.3 is 0 Å². The molecule has 0 spiro atoms. The molecule has 0 radical (unpaired) electrons. The molecule has 0 aliphatic heterocycles. The summed E-state index contributed by atoms with van der Waals surface area (Å²) in [6, 6.07) is 2.00. The molecule has 0 aliphatic rings. The second-order valence-corrected chi connectivity index (χ2v) is 4.05. The predicted molar refractivity (Wildman–Crippen MR) is 59.7 cm³/mol. The number of carbonyl (C=O) groups excluding carboxylic acids is 1. The number of ketones is 1. The standard InChI is InChI=1S/C12H19NO2/c1-10(14)5-4-7-13(3)9-12-6-8-15-11(12)2/h6,8H,4-5,7,9H2,1-3H3. The smallest absolute Gasteiger partial charge is 0.129 e. The topological polar surface area (TPSA) is 33.5 Å². The van der Waals surface area contributed by atoms with Crippen molar-refractivity contribution in [1.29, 1.82) is 0 Å². The number of nitrogens with zero attached hydrogens (tertiary/aromatic N) is 1. The number of aryl methyl sites for hydroxylation is 1. The molecule has 0 saturated carbocycles. The molecule has 1 rings (SSSR count). The van der Waals surface area contributed by atoms with Gasteiger partial charge in [-0.15, -0.1) is 0 Å². The maximum Gasteiger partial charge on any atom is 0.129 e. The maximum atomic E-state index is 10.8. The van der Waals surface area contributed by atoms with Crippen LogP contribution in [-0.2, 0) is 11.3 Å². The SMILES string of the molecule is CC(=O)CCCN(C)Cc1ccoc1C. The van der Waals surface area contributed by atoms with E-state index in [0.717, 1.165) is 25.3 Å². The fourth-order valence-corrected chi connectivity index (χ4v) is 1.54. The zero-order chi connectivity index (χ0) is 11.3. The Labute approximate surface area is 91.1 Å². The van der Waals surface area contributed by atoms with Gasteiger partial charge in [-0.2, -0.15) is 0 Å². The van der Waals surface area contributed by atoms with Crippen molar-refractivity contribution >= 4 is 5.78 Å². The van der Waals surface area contributed by atoms with Crippen molar-refractivity contribution in [3.63, 3.8) is 0 Å². The zero-order valence-electron chi connectivity index (χ0n) is 9.75. The third-order valence-corrected chi connectivity index (χ3v) is 2.48. The zero-order valence-corrected chi connectivity index (χ0v) is 9.75. The Morgan fingerprint density at radius 1 is 1.53 bits per heavy atom. The lowest BCUT2D eigenvalue weighted by molar-refractivity contribution is -0.117. The molecule has 1 aromatic heterocycles. The van der Waals surface area contributed by atoms with Crippen molar-refractivity contribution in [3.05, 3.63) is 23.7 Å². The molecule has 0 saturated heterocycles. The van der Waals surface area contributed by atoms with Crippen LogP contribution in [0.15, 0.2) is 16.7 Å². The second kappa shape index (κ2) is 5.71. The van der Waals surface area contributed by atoms with E-state index in [1.54, 1.807) is 13.2 Å². The lowest BCUT2D eigenvalue weighted by Gasteiger charge is -2.15. The van der Waals surface area contributed by atoms with Crippen LogP contribution in [0.2, 0.25) is 0 Å². The van der Waals surface area contributed by atoms with Crippen LogP contribution in [0, 0.1) is 6.92 Å². The molecule has 0 atom stereocenters. The molecule has 0 aromatic carbocycles. The van der Waals surface area contributed by atoms with Gasteiger partial charge in [0.05, 0.1) is 6.26 Å². The van der Waals surface area contributed by atoms with Crippen LogP contribution in [0.4, 0.5) is 0 Å². The number of hydrogen-bond donors (Lipinski definition) is 0. The van der Waals surface area contributed by atoms with E-state index in [0.29, 0.717) is 6.42 Å². The van der Waals surface area contributed by atoms with Crippen molar-refractivity contribution in [2.24, 2.45) is 0 Å². The van der Waals surface area contributed by atoms with Crippen LogP contribution in [-0.4, -0.2) is 24.3 Å². The van der Waals surface area contributed by atoms with E-state index in [9.17, 15) is 4.79 Å². The third kappa shape index (κ3) is 4.30. The molecule has 0 fully saturated rings. The van der Waals surface area contributed by atoms with Gasteiger partial charge in [0, 0.05) is 18.5 Å². The van der Waals surface area contributed by atoms with E-state index in [4.69, 9.17) is 4.42 Å². The average Bonchev–Trinajstić information content (AvgIpc) is 2.51. The molecule has 1 aromatic rings. The second-order valence-electron chi connectivity index (χ2n) is 4.05. The summed E-state index contributed by atoms with van der Waals surface area (Å²) < 4.78 is 5.23. The Morgan fingerprint density at radius 3 is 2.80 bits per heavy atom. The lowest BCUT2D eigenvalue weighted by atomic mass is 10.2. The van der Waals surface area contributed by atoms with Crippen LogP contribution in [0.3, 0.4) is 0 Å². The Kier molecular flexibility index (Phi) is 4.56.